The Morgan fingerprint density at radius 3 is 3.06 bits per heavy atom. The molecular formula is C12H16ClNO2. The first-order valence-corrected chi connectivity index (χ1v) is 5.84. The molecule has 16 heavy (non-hydrogen) atoms. The van der Waals surface area contributed by atoms with Crippen molar-refractivity contribution in [1.29, 1.82) is 0 Å². The van der Waals surface area contributed by atoms with Gasteiger partial charge in [-0.25, -0.2) is 0 Å². The van der Waals surface area contributed by atoms with Crippen LogP contribution in [0.3, 0.4) is 0 Å². The summed E-state index contributed by atoms with van der Waals surface area (Å²) in [6.07, 6.45) is 2.30. The SMILES string of the molecule is COCC1CCCN1c1ccc(Cl)c(O)c1. The summed E-state index contributed by atoms with van der Waals surface area (Å²) in [5.74, 6) is 0.141. The number of phenolic OH excluding ortho intramolecular Hbond substituents is 1. The van der Waals surface area contributed by atoms with E-state index >= 15 is 0 Å². The number of phenols is 1. The molecule has 1 unspecified atom stereocenters. The van der Waals surface area contributed by atoms with Gasteiger partial charge in [0.25, 0.3) is 0 Å². The molecule has 2 rings (SSSR count). The van der Waals surface area contributed by atoms with Crippen molar-refractivity contribution < 1.29 is 9.84 Å². The number of hydrogen-bond acceptors (Lipinski definition) is 3. The molecule has 1 aromatic carbocycles. The topological polar surface area (TPSA) is 32.7 Å². The maximum Gasteiger partial charge on any atom is 0.136 e. The molecule has 1 N–H and O–H groups in total. The lowest BCUT2D eigenvalue weighted by atomic mass is 10.2. The van der Waals surface area contributed by atoms with Gasteiger partial charge in [-0.3, -0.25) is 0 Å². The van der Waals surface area contributed by atoms with Gasteiger partial charge < -0.3 is 14.7 Å². The predicted molar refractivity (Wildman–Crippen MR) is 65.4 cm³/mol. The van der Waals surface area contributed by atoms with E-state index in [1.807, 2.05) is 6.07 Å². The maximum atomic E-state index is 9.59. The summed E-state index contributed by atoms with van der Waals surface area (Å²) in [5.41, 5.74) is 1.02. The fraction of sp³-hybridized carbons (Fsp3) is 0.500. The van der Waals surface area contributed by atoms with Gasteiger partial charge in [-0.1, -0.05) is 11.6 Å². The molecule has 0 aromatic heterocycles. The van der Waals surface area contributed by atoms with E-state index < -0.39 is 0 Å². The predicted octanol–water partition coefficient (Wildman–Crippen LogP) is 2.66. The third-order valence-electron chi connectivity index (χ3n) is 3.00. The summed E-state index contributed by atoms with van der Waals surface area (Å²) in [4.78, 5) is 2.26. The number of methoxy groups -OCH3 is 1. The van der Waals surface area contributed by atoms with E-state index in [2.05, 4.69) is 4.90 Å². The van der Waals surface area contributed by atoms with E-state index in [1.54, 1.807) is 19.2 Å². The van der Waals surface area contributed by atoms with Gasteiger partial charge in [-0.15, -0.1) is 0 Å². The van der Waals surface area contributed by atoms with Crippen LogP contribution in [0.2, 0.25) is 5.02 Å². The molecule has 0 aliphatic carbocycles. The van der Waals surface area contributed by atoms with Gasteiger partial charge in [0.1, 0.15) is 5.75 Å². The van der Waals surface area contributed by atoms with Crippen molar-refractivity contribution in [3.8, 4) is 5.75 Å². The summed E-state index contributed by atoms with van der Waals surface area (Å²) in [6.45, 7) is 1.73. The average Bonchev–Trinajstić information content (AvgIpc) is 2.71. The first-order chi connectivity index (χ1) is 7.72. The number of nitrogens with zero attached hydrogens (tertiary/aromatic N) is 1. The van der Waals surface area contributed by atoms with Crippen LogP contribution < -0.4 is 4.90 Å². The molecule has 1 aliphatic heterocycles. The zero-order valence-electron chi connectivity index (χ0n) is 9.32. The summed E-state index contributed by atoms with van der Waals surface area (Å²) >= 11 is 5.79. The van der Waals surface area contributed by atoms with E-state index in [9.17, 15) is 5.11 Å². The Balaban J connectivity index is 2.19. The van der Waals surface area contributed by atoms with Crippen LogP contribution in [0.15, 0.2) is 18.2 Å². The fourth-order valence-corrected chi connectivity index (χ4v) is 2.34. The number of halogens is 1. The van der Waals surface area contributed by atoms with Gasteiger partial charge >= 0.3 is 0 Å². The van der Waals surface area contributed by atoms with Gasteiger partial charge in [0.05, 0.1) is 17.7 Å². The summed E-state index contributed by atoms with van der Waals surface area (Å²) in [5, 5.41) is 9.98. The van der Waals surface area contributed by atoms with E-state index in [-0.39, 0.29) is 5.75 Å². The highest BCUT2D eigenvalue weighted by Gasteiger charge is 2.24. The number of benzene rings is 1. The van der Waals surface area contributed by atoms with Crippen molar-refractivity contribution in [2.45, 2.75) is 18.9 Å². The Bertz CT molecular complexity index is 370. The number of hydrogen-bond donors (Lipinski definition) is 1. The van der Waals surface area contributed by atoms with Crippen molar-refractivity contribution in [2.24, 2.45) is 0 Å². The summed E-state index contributed by atoms with van der Waals surface area (Å²) in [6, 6.07) is 5.80. The number of aromatic hydroxyl groups is 1. The number of ether oxygens (including phenoxy) is 1. The van der Waals surface area contributed by atoms with Crippen molar-refractivity contribution in [3.05, 3.63) is 23.2 Å². The highest BCUT2D eigenvalue weighted by Crippen LogP contribution is 2.32. The third kappa shape index (κ3) is 2.25. The van der Waals surface area contributed by atoms with Gasteiger partial charge in [0.15, 0.2) is 0 Å². The van der Waals surface area contributed by atoms with Gasteiger partial charge in [0.2, 0.25) is 0 Å². The second-order valence-corrected chi connectivity index (χ2v) is 4.49. The number of rotatable bonds is 3. The Morgan fingerprint density at radius 1 is 1.56 bits per heavy atom. The molecule has 1 aromatic rings. The average molecular weight is 242 g/mol. The molecule has 1 heterocycles. The molecule has 1 fully saturated rings. The number of anilines is 1. The third-order valence-corrected chi connectivity index (χ3v) is 3.32. The van der Waals surface area contributed by atoms with Crippen LogP contribution in [0.4, 0.5) is 5.69 Å². The molecule has 1 atom stereocenters. The first kappa shape index (κ1) is 11.6. The van der Waals surface area contributed by atoms with Crippen molar-refractivity contribution in [3.63, 3.8) is 0 Å². The van der Waals surface area contributed by atoms with Crippen LogP contribution in [-0.4, -0.2) is 31.4 Å². The minimum Gasteiger partial charge on any atom is -0.506 e. The maximum absolute atomic E-state index is 9.59. The molecule has 4 heteroatoms. The first-order valence-electron chi connectivity index (χ1n) is 5.46. The molecule has 0 saturated carbocycles. The Kier molecular flexibility index (Phi) is 3.56. The van der Waals surface area contributed by atoms with Crippen molar-refractivity contribution in [2.75, 3.05) is 25.2 Å². The van der Waals surface area contributed by atoms with Crippen LogP contribution in [0.1, 0.15) is 12.8 Å². The highest BCUT2D eigenvalue weighted by molar-refractivity contribution is 6.32. The largest absolute Gasteiger partial charge is 0.506 e. The fourth-order valence-electron chi connectivity index (χ4n) is 2.22. The van der Waals surface area contributed by atoms with Crippen LogP contribution in [-0.2, 0) is 4.74 Å². The minimum absolute atomic E-state index is 0.141. The lowest BCUT2D eigenvalue weighted by molar-refractivity contribution is 0.181. The molecule has 1 saturated heterocycles. The van der Waals surface area contributed by atoms with E-state index in [4.69, 9.17) is 16.3 Å². The molecular weight excluding hydrogens is 226 g/mol. The summed E-state index contributed by atoms with van der Waals surface area (Å²) < 4.78 is 5.20. The Morgan fingerprint density at radius 2 is 2.38 bits per heavy atom. The normalized spacial score (nSPS) is 20.4. The monoisotopic (exact) mass is 241 g/mol. The lowest BCUT2D eigenvalue weighted by Crippen LogP contribution is -2.32. The molecule has 0 spiro atoms. The summed E-state index contributed by atoms with van der Waals surface area (Å²) in [7, 11) is 1.72. The lowest BCUT2D eigenvalue weighted by Gasteiger charge is -2.26. The van der Waals surface area contributed by atoms with Gasteiger partial charge in [-0.05, 0) is 25.0 Å². The highest BCUT2D eigenvalue weighted by atomic mass is 35.5. The van der Waals surface area contributed by atoms with Crippen LogP contribution >= 0.6 is 11.6 Å². The zero-order chi connectivity index (χ0) is 11.5. The van der Waals surface area contributed by atoms with E-state index in [0.29, 0.717) is 11.1 Å². The van der Waals surface area contributed by atoms with E-state index in [0.717, 1.165) is 31.7 Å². The van der Waals surface area contributed by atoms with E-state index in [1.165, 1.54) is 0 Å². The Hall–Kier alpha value is -0.930. The van der Waals surface area contributed by atoms with Crippen LogP contribution in [0.5, 0.6) is 5.75 Å². The minimum atomic E-state index is 0.141. The van der Waals surface area contributed by atoms with Crippen LogP contribution in [0.25, 0.3) is 0 Å². The Labute approximate surface area is 101 Å². The second-order valence-electron chi connectivity index (χ2n) is 4.08. The molecule has 88 valence electrons. The molecule has 1 aliphatic rings. The molecule has 0 amide bonds. The van der Waals surface area contributed by atoms with Crippen molar-refractivity contribution >= 4 is 17.3 Å². The molecule has 3 nitrogen and oxygen atoms in total. The van der Waals surface area contributed by atoms with Crippen molar-refractivity contribution in [1.82, 2.24) is 0 Å². The standard InChI is InChI=1S/C12H16ClNO2/c1-16-8-10-3-2-6-14(10)9-4-5-11(13)12(15)7-9/h4-5,7,10,15H,2-3,6,8H2,1H3. The second kappa shape index (κ2) is 4.93. The van der Waals surface area contributed by atoms with Gasteiger partial charge in [-0.2, -0.15) is 0 Å². The quantitative estimate of drug-likeness (QED) is 0.883. The molecule has 0 radical (unpaired) electrons. The molecule has 0 bridgehead atoms. The smallest absolute Gasteiger partial charge is 0.136 e. The van der Waals surface area contributed by atoms with Crippen LogP contribution in [0, 0.1) is 0 Å². The van der Waals surface area contributed by atoms with Gasteiger partial charge in [0, 0.05) is 25.4 Å². The zero-order valence-corrected chi connectivity index (χ0v) is 10.1.